The van der Waals surface area contributed by atoms with E-state index in [1.54, 1.807) is 0 Å². The average molecular weight is 244 g/mol. The quantitative estimate of drug-likeness (QED) is 0.443. The highest BCUT2D eigenvalue weighted by molar-refractivity contribution is 5.82. The second-order valence-corrected chi connectivity index (χ2v) is 4.49. The molecule has 17 heavy (non-hydrogen) atoms. The molecule has 0 heterocycles. The monoisotopic (exact) mass is 244 g/mol. The van der Waals surface area contributed by atoms with Crippen molar-refractivity contribution in [1.29, 1.82) is 0 Å². The maximum absolute atomic E-state index is 11.4. The fourth-order valence-corrected chi connectivity index (χ4v) is 1.57. The Morgan fingerprint density at radius 2 is 1.94 bits per heavy atom. The predicted molar refractivity (Wildman–Crippen MR) is 61.0 cm³/mol. The summed E-state index contributed by atoms with van der Waals surface area (Å²) in [6.45, 7) is 1.71. The normalized spacial score (nSPS) is 22.4. The van der Waals surface area contributed by atoms with Gasteiger partial charge in [0.25, 0.3) is 0 Å². The van der Waals surface area contributed by atoms with E-state index < -0.39 is 6.04 Å². The highest BCUT2D eigenvalue weighted by atomic mass is 16.3. The lowest BCUT2D eigenvalue weighted by Gasteiger charge is -2.13. The standard InChI is InChI=1S/C11H20N2O4/c1-7-4-9(7)11(17)12-3-2-10(16)13-8(5-14)6-15/h7-9,14-15H,2-6H2,1H3,(H,12,17)(H,13,16). The van der Waals surface area contributed by atoms with Crippen LogP contribution in [0.4, 0.5) is 0 Å². The summed E-state index contributed by atoms with van der Waals surface area (Å²) in [5, 5.41) is 22.7. The van der Waals surface area contributed by atoms with Crippen LogP contribution in [0.15, 0.2) is 0 Å². The van der Waals surface area contributed by atoms with Crippen LogP contribution < -0.4 is 10.6 Å². The van der Waals surface area contributed by atoms with Crippen LogP contribution in [-0.2, 0) is 9.59 Å². The summed E-state index contributed by atoms with van der Waals surface area (Å²) in [5.41, 5.74) is 0. The van der Waals surface area contributed by atoms with Crippen LogP contribution in [0.5, 0.6) is 0 Å². The third-order valence-electron chi connectivity index (χ3n) is 2.90. The van der Waals surface area contributed by atoms with Crippen molar-refractivity contribution < 1.29 is 19.8 Å². The van der Waals surface area contributed by atoms with Crippen molar-refractivity contribution in [1.82, 2.24) is 10.6 Å². The highest BCUT2D eigenvalue weighted by Crippen LogP contribution is 2.37. The van der Waals surface area contributed by atoms with E-state index in [1.807, 2.05) is 6.92 Å². The second-order valence-electron chi connectivity index (χ2n) is 4.49. The zero-order chi connectivity index (χ0) is 12.8. The van der Waals surface area contributed by atoms with E-state index in [0.29, 0.717) is 5.92 Å². The Hall–Kier alpha value is -1.14. The lowest BCUT2D eigenvalue weighted by molar-refractivity contribution is -0.123. The van der Waals surface area contributed by atoms with Gasteiger partial charge in [-0.05, 0) is 12.3 Å². The molecule has 0 radical (unpaired) electrons. The molecule has 0 aromatic heterocycles. The van der Waals surface area contributed by atoms with Crippen molar-refractivity contribution in [3.63, 3.8) is 0 Å². The Morgan fingerprint density at radius 3 is 2.41 bits per heavy atom. The van der Waals surface area contributed by atoms with Gasteiger partial charge in [0.15, 0.2) is 0 Å². The Kier molecular flexibility index (Phi) is 5.37. The number of carbonyl (C=O) groups excluding carboxylic acids is 2. The van der Waals surface area contributed by atoms with Crippen LogP contribution in [0.2, 0.25) is 0 Å². The number of aliphatic hydroxyl groups excluding tert-OH is 2. The van der Waals surface area contributed by atoms with E-state index in [2.05, 4.69) is 10.6 Å². The molecule has 1 aliphatic rings. The first kappa shape index (κ1) is 13.9. The summed E-state index contributed by atoms with van der Waals surface area (Å²) in [7, 11) is 0. The summed E-state index contributed by atoms with van der Waals surface area (Å²) in [6.07, 6.45) is 1.08. The molecular formula is C11H20N2O4. The van der Waals surface area contributed by atoms with Gasteiger partial charge in [-0.1, -0.05) is 6.92 Å². The molecule has 6 nitrogen and oxygen atoms in total. The number of rotatable bonds is 7. The summed E-state index contributed by atoms with van der Waals surface area (Å²) in [4.78, 5) is 22.7. The Labute approximate surface area is 100 Å². The average Bonchev–Trinajstić information content (AvgIpc) is 3.03. The van der Waals surface area contributed by atoms with Gasteiger partial charge in [0, 0.05) is 18.9 Å². The van der Waals surface area contributed by atoms with Crippen LogP contribution >= 0.6 is 0 Å². The number of aliphatic hydroxyl groups is 2. The first-order valence-electron chi connectivity index (χ1n) is 5.87. The topological polar surface area (TPSA) is 98.7 Å². The molecule has 2 unspecified atom stereocenters. The maximum Gasteiger partial charge on any atom is 0.223 e. The number of hydrogen-bond acceptors (Lipinski definition) is 4. The van der Waals surface area contributed by atoms with E-state index >= 15 is 0 Å². The van der Waals surface area contributed by atoms with Crippen molar-refractivity contribution >= 4 is 11.8 Å². The van der Waals surface area contributed by atoms with Crippen molar-refractivity contribution in [2.75, 3.05) is 19.8 Å². The number of amides is 2. The van der Waals surface area contributed by atoms with E-state index in [-0.39, 0.29) is 43.9 Å². The van der Waals surface area contributed by atoms with Crippen LogP contribution in [-0.4, -0.2) is 47.8 Å². The zero-order valence-electron chi connectivity index (χ0n) is 9.98. The summed E-state index contributed by atoms with van der Waals surface area (Å²) in [6, 6.07) is -0.623. The lowest BCUT2D eigenvalue weighted by atomic mass is 10.3. The minimum atomic E-state index is -0.623. The molecule has 0 saturated heterocycles. The molecule has 0 spiro atoms. The fraction of sp³-hybridized carbons (Fsp3) is 0.818. The Balaban J connectivity index is 2.09. The molecule has 6 heteroatoms. The first-order chi connectivity index (χ1) is 8.08. The molecule has 1 saturated carbocycles. The largest absolute Gasteiger partial charge is 0.394 e. The van der Waals surface area contributed by atoms with Crippen molar-refractivity contribution in [2.45, 2.75) is 25.8 Å². The maximum atomic E-state index is 11.4. The second kappa shape index (κ2) is 6.56. The van der Waals surface area contributed by atoms with E-state index in [4.69, 9.17) is 10.2 Å². The van der Waals surface area contributed by atoms with Gasteiger partial charge in [-0.3, -0.25) is 9.59 Å². The van der Waals surface area contributed by atoms with E-state index in [9.17, 15) is 9.59 Å². The molecule has 2 amide bonds. The highest BCUT2D eigenvalue weighted by Gasteiger charge is 2.38. The summed E-state index contributed by atoms with van der Waals surface area (Å²) < 4.78 is 0. The van der Waals surface area contributed by atoms with Gasteiger partial charge in [-0.15, -0.1) is 0 Å². The van der Waals surface area contributed by atoms with Crippen LogP contribution in [0.25, 0.3) is 0 Å². The molecule has 1 fully saturated rings. The van der Waals surface area contributed by atoms with Crippen molar-refractivity contribution in [3.05, 3.63) is 0 Å². The summed E-state index contributed by atoms with van der Waals surface area (Å²) >= 11 is 0. The molecule has 1 aliphatic carbocycles. The van der Waals surface area contributed by atoms with Crippen molar-refractivity contribution in [3.8, 4) is 0 Å². The molecule has 0 aromatic carbocycles. The molecule has 98 valence electrons. The van der Waals surface area contributed by atoms with Crippen LogP contribution in [0.1, 0.15) is 19.8 Å². The molecule has 2 atom stereocenters. The van der Waals surface area contributed by atoms with Crippen LogP contribution in [0, 0.1) is 11.8 Å². The van der Waals surface area contributed by atoms with Gasteiger partial charge in [0.1, 0.15) is 0 Å². The number of hydrogen-bond donors (Lipinski definition) is 4. The Bertz CT molecular complexity index is 279. The van der Waals surface area contributed by atoms with Gasteiger partial charge in [0.2, 0.25) is 11.8 Å². The first-order valence-corrected chi connectivity index (χ1v) is 5.87. The van der Waals surface area contributed by atoms with E-state index in [0.717, 1.165) is 6.42 Å². The number of nitrogens with one attached hydrogen (secondary N) is 2. The molecule has 0 bridgehead atoms. The minimum Gasteiger partial charge on any atom is -0.394 e. The minimum absolute atomic E-state index is 0.00571. The third kappa shape index (κ3) is 4.70. The van der Waals surface area contributed by atoms with Gasteiger partial charge < -0.3 is 20.8 Å². The van der Waals surface area contributed by atoms with E-state index in [1.165, 1.54) is 0 Å². The number of carbonyl (C=O) groups is 2. The SMILES string of the molecule is CC1CC1C(=O)NCCC(=O)NC(CO)CO. The van der Waals surface area contributed by atoms with Crippen LogP contribution in [0.3, 0.4) is 0 Å². The molecular weight excluding hydrogens is 224 g/mol. The lowest BCUT2D eigenvalue weighted by Crippen LogP contribution is -2.41. The molecule has 0 aliphatic heterocycles. The smallest absolute Gasteiger partial charge is 0.223 e. The molecule has 0 aromatic rings. The predicted octanol–water partition coefficient (Wildman–Crippen LogP) is -1.38. The van der Waals surface area contributed by atoms with Gasteiger partial charge in [-0.25, -0.2) is 0 Å². The molecule has 4 N–H and O–H groups in total. The molecule has 1 rings (SSSR count). The fourth-order valence-electron chi connectivity index (χ4n) is 1.57. The van der Waals surface area contributed by atoms with Gasteiger partial charge >= 0.3 is 0 Å². The van der Waals surface area contributed by atoms with Gasteiger partial charge in [0.05, 0.1) is 19.3 Å². The summed E-state index contributed by atoms with van der Waals surface area (Å²) in [5.74, 6) is 0.283. The van der Waals surface area contributed by atoms with Crippen molar-refractivity contribution in [2.24, 2.45) is 11.8 Å². The van der Waals surface area contributed by atoms with Gasteiger partial charge in [-0.2, -0.15) is 0 Å². The third-order valence-corrected chi connectivity index (χ3v) is 2.90. The Morgan fingerprint density at radius 1 is 1.35 bits per heavy atom. The zero-order valence-corrected chi connectivity index (χ0v) is 9.98.